The van der Waals surface area contributed by atoms with Crippen LogP contribution in [-0.4, -0.2) is 12.9 Å². The number of benzene rings is 2. The second-order valence-corrected chi connectivity index (χ2v) is 6.81. The molecule has 1 heterocycles. The average Bonchev–Trinajstić information content (AvgIpc) is 2.97. The Balaban J connectivity index is 1.94. The minimum absolute atomic E-state index is 0.175. The molecule has 0 radical (unpaired) electrons. The maximum absolute atomic E-state index is 12.7. The van der Waals surface area contributed by atoms with E-state index in [1.807, 2.05) is 12.1 Å². The summed E-state index contributed by atoms with van der Waals surface area (Å²) in [7, 11) is 1.59. The third kappa shape index (κ3) is 3.49. The summed E-state index contributed by atoms with van der Waals surface area (Å²) >= 11 is 7.01. The largest absolute Gasteiger partial charge is 0.497 e. The fourth-order valence-corrected chi connectivity index (χ4v) is 3.53. The van der Waals surface area contributed by atoms with Gasteiger partial charge in [-0.1, -0.05) is 11.6 Å². The SMILES string of the molecule is COc1ccc(Nc2sc(C(=O)c3ccc(Cl)cc3)c(N)c2C#N)cc1. The molecule has 0 saturated heterocycles. The standard InChI is InChI=1S/C19H14ClN3O2S/c1-25-14-8-6-13(7-9-14)23-19-15(10-21)16(22)18(26-19)17(24)11-2-4-12(20)5-3-11/h2-9,23H,22H2,1H3. The van der Waals surface area contributed by atoms with Gasteiger partial charge < -0.3 is 15.8 Å². The number of methoxy groups -OCH3 is 1. The van der Waals surface area contributed by atoms with E-state index in [0.29, 0.717) is 20.5 Å². The van der Waals surface area contributed by atoms with Crippen LogP contribution in [0.5, 0.6) is 5.75 Å². The molecule has 3 N–H and O–H groups in total. The molecule has 0 fully saturated rings. The Morgan fingerprint density at radius 3 is 2.42 bits per heavy atom. The van der Waals surface area contributed by atoms with Crippen LogP contribution in [0.25, 0.3) is 0 Å². The number of carbonyl (C=O) groups is 1. The van der Waals surface area contributed by atoms with E-state index >= 15 is 0 Å². The van der Waals surface area contributed by atoms with Crippen molar-refractivity contribution in [3.05, 3.63) is 69.6 Å². The number of nitrogens with one attached hydrogen (secondary N) is 1. The molecule has 0 aliphatic heterocycles. The monoisotopic (exact) mass is 383 g/mol. The Kier molecular flexibility index (Phi) is 5.12. The van der Waals surface area contributed by atoms with Crippen LogP contribution in [0, 0.1) is 11.3 Å². The molecule has 0 atom stereocenters. The molecule has 7 heteroatoms. The van der Waals surface area contributed by atoms with E-state index in [9.17, 15) is 10.1 Å². The van der Waals surface area contributed by atoms with Crippen molar-refractivity contribution < 1.29 is 9.53 Å². The Bertz CT molecular complexity index is 989. The number of rotatable bonds is 5. The van der Waals surface area contributed by atoms with E-state index in [1.165, 1.54) is 0 Å². The first-order chi connectivity index (χ1) is 12.5. The van der Waals surface area contributed by atoms with Gasteiger partial charge in [0, 0.05) is 16.3 Å². The number of anilines is 3. The van der Waals surface area contributed by atoms with E-state index < -0.39 is 0 Å². The Morgan fingerprint density at radius 1 is 1.19 bits per heavy atom. The van der Waals surface area contributed by atoms with Gasteiger partial charge in [0.2, 0.25) is 5.78 Å². The normalized spacial score (nSPS) is 10.2. The molecule has 0 unspecified atom stereocenters. The van der Waals surface area contributed by atoms with Crippen molar-refractivity contribution in [3.63, 3.8) is 0 Å². The molecule has 5 nitrogen and oxygen atoms in total. The predicted molar refractivity (Wildman–Crippen MR) is 105 cm³/mol. The second-order valence-electron chi connectivity index (χ2n) is 5.35. The van der Waals surface area contributed by atoms with Crippen molar-refractivity contribution in [2.45, 2.75) is 0 Å². The maximum Gasteiger partial charge on any atom is 0.205 e. The average molecular weight is 384 g/mol. The van der Waals surface area contributed by atoms with Crippen LogP contribution in [0.4, 0.5) is 16.4 Å². The van der Waals surface area contributed by atoms with E-state index in [-0.39, 0.29) is 17.0 Å². The summed E-state index contributed by atoms with van der Waals surface area (Å²) in [6.07, 6.45) is 0. The predicted octanol–water partition coefficient (Wildman–Crippen LogP) is 4.84. The number of halogens is 1. The first-order valence-corrected chi connectivity index (χ1v) is 8.76. The van der Waals surface area contributed by atoms with Gasteiger partial charge in [-0.25, -0.2) is 0 Å². The molecule has 26 heavy (non-hydrogen) atoms. The topological polar surface area (TPSA) is 88.1 Å². The lowest BCUT2D eigenvalue weighted by atomic mass is 10.1. The zero-order chi connectivity index (χ0) is 18.7. The highest BCUT2D eigenvalue weighted by molar-refractivity contribution is 7.19. The van der Waals surface area contributed by atoms with Crippen LogP contribution in [0.1, 0.15) is 20.8 Å². The van der Waals surface area contributed by atoms with Gasteiger partial charge in [-0.3, -0.25) is 4.79 Å². The van der Waals surface area contributed by atoms with E-state index in [0.717, 1.165) is 22.8 Å². The summed E-state index contributed by atoms with van der Waals surface area (Å²) in [6.45, 7) is 0. The minimum Gasteiger partial charge on any atom is -0.497 e. The van der Waals surface area contributed by atoms with Crippen molar-refractivity contribution >= 4 is 45.1 Å². The van der Waals surface area contributed by atoms with Gasteiger partial charge in [0.1, 0.15) is 27.3 Å². The lowest BCUT2D eigenvalue weighted by Crippen LogP contribution is -2.02. The molecule has 0 amide bonds. The lowest BCUT2D eigenvalue weighted by Gasteiger charge is -2.05. The van der Waals surface area contributed by atoms with Crippen molar-refractivity contribution in [3.8, 4) is 11.8 Å². The Labute approximate surface area is 159 Å². The lowest BCUT2D eigenvalue weighted by molar-refractivity contribution is 0.104. The van der Waals surface area contributed by atoms with E-state index in [4.69, 9.17) is 22.1 Å². The fraction of sp³-hybridized carbons (Fsp3) is 0.0526. The summed E-state index contributed by atoms with van der Waals surface area (Å²) in [5, 5.41) is 13.7. The summed E-state index contributed by atoms with van der Waals surface area (Å²) in [4.78, 5) is 13.0. The first kappa shape index (κ1) is 17.8. The van der Waals surface area contributed by atoms with Crippen LogP contribution in [0.3, 0.4) is 0 Å². The van der Waals surface area contributed by atoms with Crippen molar-refractivity contribution in [1.82, 2.24) is 0 Å². The number of carbonyl (C=O) groups excluding carboxylic acids is 1. The van der Waals surface area contributed by atoms with Crippen LogP contribution < -0.4 is 15.8 Å². The molecule has 0 aliphatic rings. The number of thiophene rings is 1. The highest BCUT2D eigenvalue weighted by Crippen LogP contribution is 2.38. The molecule has 0 aliphatic carbocycles. The van der Waals surface area contributed by atoms with Crippen LogP contribution in [0.2, 0.25) is 5.02 Å². The third-order valence-corrected chi connectivity index (χ3v) is 5.09. The molecular formula is C19H14ClN3O2S. The number of hydrogen-bond acceptors (Lipinski definition) is 6. The molecule has 0 bridgehead atoms. The zero-order valence-electron chi connectivity index (χ0n) is 13.7. The van der Waals surface area contributed by atoms with E-state index in [2.05, 4.69) is 11.4 Å². The van der Waals surface area contributed by atoms with Gasteiger partial charge in [-0.15, -0.1) is 11.3 Å². The molecular weight excluding hydrogens is 370 g/mol. The van der Waals surface area contributed by atoms with Gasteiger partial charge in [-0.05, 0) is 48.5 Å². The van der Waals surface area contributed by atoms with Gasteiger partial charge in [0.05, 0.1) is 12.8 Å². The number of nitrogens with two attached hydrogens (primary N) is 1. The summed E-state index contributed by atoms with van der Waals surface area (Å²) in [5.41, 5.74) is 7.71. The van der Waals surface area contributed by atoms with Crippen molar-refractivity contribution in [1.29, 1.82) is 5.26 Å². The quantitative estimate of drug-likeness (QED) is 0.615. The molecule has 0 spiro atoms. The van der Waals surface area contributed by atoms with Gasteiger partial charge >= 0.3 is 0 Å². The van der Waals surface area contributed by atoms with Crippen LogP contribution >= 0.6 is 22.9 Å². The number of nitriles is 1. The highest BCUT2D eigenvalue weighted by atomic mass is 35.5. The summed E-state index contributed by atoms with van der Waals surface area (Å²) < 4.78 is 5.12. The van der Waals surface area contributed by atoms with Crippen molar-refractivity contribution in [2.24, 2.45) is 0 Å². The molecule has 3 rings (SSSR count). The Morgan fingerprint density at radius 2 is 1.85 bits per heavy atom. The number of nitrogens with zero attached hydrogens (tertiary/aromatic N) is 1. The van der Waals surface area contributed by atoms with Crippen LogP contribution in [0.15, 0.2) is 48.5 Å². The zero-order valence-corrected chi connectivity index (χ0v) is 15.3. The molecule has 0 saturated carbocycles. The Hall–Kier alpha value is -3.01. The highest BCUT2D eigenvalue weighted by Gasteiger charge is 2.22. The van der Waals surface area contributed by atoms with Crippen LogP contribution in [-0.2, 0) is 0 Å². The fourth-order valence-electron chi connectivity index (χ4n) is 2.35. The number of ketones is 1. The second kappa shape index (κ2) is 7.48. The van der Waals surface area contributed by atoms with E-state index in [1.54, 1.807) is 43.5 Å². The number of nitrogen functional groups attached to an aromatic ring is 1. The minimum atomic E-state index is -0.247. The molecule has 3 aromatic rings. The number of ether oxygens (including phenoxy) is 1. The number of hydrogen-bond donors (Lipinski definition) is 2. The smallest absolute Gasteiger partial charge is 0.205 e. The maximum atomic E-state index is 12.7. The molecule has 2 aromatic carbocycles. The summed E-state index contributed by atoms with van der Waals surface area (Å²) in [6, 6.07) is 15.8. The molecule has 1 aromatic heterocycles. The van der Waals surface area contributed by atoms with Gasteiger partial charge in [0.15, 0.2) is 0 Å². The molecule has 130 valence electrons. The third-order valence-electron chi connectivity index (χ3n) is 3.72. The van der Waals surface area contributed by atoms with Gasteiger partial charge in [0.25, 0.3) is 0 Å². The summed E-state index contributed by atoms with van der Waals surface area (Å²) in [5.74, 6) is 0.476. The van der Waals surface area contributed by atoms with Crippen molar-refractivity contribution in [2.75, 3.05) is 18.2 Å². The van der Waals surface area contributed by atoms with Gasteiger partial charge in [-0.2, -0.15) is 5.26 Å². The first-order valence-electron chi connectivity index (χ1n) is 7.57.